The highest BCUT2D eigenvalue weighted by Crippen LogP contribution is 2.24. The van der Waals surface area contributed by atoms with E-state index in [0.29, 0.717) is 12.3 Å². The van der Waals surface area contributed by atoms with Gasteiger partial charge in [-0.1, -0.05) is 30.0 Å². The number of hydrogen-bond acceptors (Lipinski definition) is 5. The van der Waals surface area contributed by atoms with Gasteiger partial charge in [0.25, 0.3) is 0 Å². The Kier molecular flexibility index (Phi) is 4.70. The number of aromatic nitrogens is 2. The van der Waals surface area contributed by atoms with Gasteiger partial charge < -0.3 is 4.90 Å². The predicted molar refractivity (Wildman–Crippen MR) is 91.1 cm³/mol. The van der Waals surface area contributed by atoms with E-state index >= 15 is 0 Å². The summed E-state index contributed by atoms with van der Waals surface area (Å²) in [6, 6.07) is 9.88. The second-order valence-corrected chi connectivity index (χ2v) is 6.61. The van der Waals surface area contributed by atoms with Crippen molar-refractivity contribution in [2.45, 2.75) is 11.6 Å². The zero-order valence-electron chi connectivity index (χ0n) is 12.1. The molecule has 0 atom stereocenters. The lowest BCUT2D eigenvalue weighted by atomic mass is 10.2. The van der Waals surface area contributed by atoms with E-state index in [2.05, 4.69) is 15.3 Å². The van der Waals surface area contributed by atoms with Crippen LogP contribution in [0, 0.1) is 0 Å². The fourth-order valence-electron chi connectivity index (χ4n) is 2.08. The van der Waals surface area contributed by atoms with E-state index in [4.69, 9.17) is 0 Å². The minimum Gasteiger partial charge on any atom is -0.341 e. The molecule has 3 aromatic rings. The van der Waals surface area contributed by atoms with Gasteiger partial charge in [0.2, 0.25) is 5.91 Å². The number of carbonyl (C=O) groups is 1. The Morgan fingerprint density at radius 2 is 2.14 bits per heavy atom. The highest BCUT2D eigenvalue weighted by atomic mass is 32.2. The SMILES string of the molecule is CN(Cc1ccsc1)C(=O)CSc1ncnc2ccccc12. The largest absolute Gasteiger partial charge is 0.341 e. The molecule has 2 heterocycles. The van der Waals surface area contributed by atoms with Crippen LogP contribution in [0.1, 0.15) is 5.56 Å². The summed E-state index contributed by atoms with van der Waals surface area (Å²) in [6.45, 7) is 0.646. The number of amides is 1. The third-order valence-corrected chi connectivity index (χ3v) is 4.99. The Balaban J connectivity index is 1.65. The molecule has 3 rings (SSSR count). The van der Waals surface area contributed by atoms with E-state index in [0.717, 1.165) is 15.9 Å². The molecule has 6 heteroatoms. The van der Waals surface area contributed by atoms with Gasteiger partial charge in [-0.3, -0.25) is 4.79 Å². The summed E-state index contributed by atoms with van der Waals surface area (Å²) in [5.41, 5.74) is 2.07. The van der Waals surface area contributed by atoms with Crippen LogP contribution in [0.15, 0.2) is 52.4 Å². The average Bonchev–Trinajstić information content (AvgIpc) is 3.05. The number of nitrogens with zero attached hydrogens (tertiary/aromatic N) is 3. The van der Waals surface area contributed by atoms with Gasteiger partial charge in [0.15, 0.2) is 0 Å². The molecule has 0 radical (unpaired) electrons. The van der Waals surface area contributed by atoms with Crippen molar-refractivity contribution in [2.75, 3.05) is 12.8 Å². The van der Waals surface area contributed by atoms with Crippen molar-refractivity contribution < 1.29 is 4.79 Å². The molecule has 112 valence electrons. The summed E-state index contributed by atoms with van der Waals surface area (Å²) in [7, 11) is 1.83. The smallest absolute Gasteiger partial charge is 0.233 e. The lowest BCUT2D eigenvalue weighted by Gasteiger charge is -2.16. The van der Waals surface area contributed by atoms with Crippen LogP contribution < -0.4 is 0 Å². The molecule has 0 fully saturated rings. The van der Waals surface area contributed by atoms with Gasteiger partial charge in [-0.05, 0) is 28.5 Å². The first-order valence-corrected chi connectivity index (χ1v) is 8.74. The molecular weight excluding hydrogens is 314 g/mol. The molecule has 0 N–H and O–H groups in total. The Morgan fingerprint density at radius 1 is 1.27 bits per heavy atom. The average molecular weight is 329 g/mol. The topological polar surface area (TPSA) is 46.1 Å². The molecule has 4 nitrogen and oxygen atoms in total. The molecule has 1 amide bonds. The minimum absolute atomic E-state index is 0.0962. The highest BCUT2D eigenvalue weighted by Gasteiger charge is 2.12. The molecule has 0 saturated carbocycles. The predicted octanol–water partition coefficient (Wildman–Crippen LogP) is 3.44. The molecule has 0 aliphatic heterocycles. The molecule has 0 bridgehead atoms. The van der Waals surface area contributed by atoms with Crippen LogP contribution in [0.25, 0.3) is 10.9 Å². The van der Waals surface area contributed by atoms with Gasteiger partial charge in [-0.2, -0.15) is 11.3 Å². The number of thioether (sulfide) groups is 1. The van der Waals surface area contributed by atoms with E-state index in [1.54, 1.807) is 22.6 Å². The number of thiophene rings is 1. The van der Waals surface area contributed by atoms with E-state index in [9.17, 15) is 4.79 Å². The lowest BCUT2D eigenvalue weighted by Crippen LogP contribution is -2.27. The third-order valence-electron chi connectivity index (χ3n) is 3.26. The van der Waals surface area contributed by atoms with Crippen LogP contribution in [0.2, 0.25) is 0 Å². The van der Waals surface area contributed by atoms with Crippen LogP contribution in [-0.2, 0) is 11.3 Å². The molecule has 0 aliphatic rings. The standard InChI is InChI=1S/C16H15N3OS2/c1-19(8-12-6-7-21-9-12)15(20)10-22-16-13-4-2-3-5-14(13)17-11-18-16/h2-7,9,11H,8,10H2,1H3. The van der Waals surface area contributed by atoms with Gasteiger partial charge in [0.1, 0.15) is 11.4 Å². The number of carbonyl (C=O) groups excluding carboxylic acids is 1. The first-order chi connectivity index (χ1) is 10.7. The Morgan fingerprint density at radius 3 is 2.95 bits per heavy atom. The number of fused-ring (bicyclic) bond motifs is 1. The van der Waals surface area contributed by atoms with Crippen molar-refractivity contribution in [3.05, 3.63) is 53.0 Å². The van der Waals surface area contributed by atoms with Crippen molar-refractivity contribution >= 4 is 39.9 Å². The van der Waals surface area contributed by atoms with Gasteiger partial charge >= 0.3 is 0 Å². The van der Waals surface area contributed by atoms with E-state index in [-0.39, 0.29) is 5.91 Å². The van der Waals surface area contributed by atoms with Crippen LogP contribution in [0.3, 0.4) is 0 Å². The van der Waals surface area contributed by atoms with E-state index in [1.165, 1.54) is 17.3 Å². The molecule has 1 aromatic carbocycles. The van der Waals surface area contributed by atoms with E-state index in [1.807, 2.05) is 42.8 Å². The Labute approximate surface area is 137 Å². The molecule has 22 heavy (non-hydrogen) atoms. The fraction of sp³-hybridized carbons (Fsp3) is 0.188. The number of benzene rings is 1. The summed E-state index contributed by atoms with van der Waals surface area (Å²) in [5, 5.41) is 5.93. The van der Waals surface area contributed by atoms with E-state index < -0.39 is 0 Å². The number of para-hydroxylation sites is 1. The minimum atomic E-state index is 0.0962. The highest BCUT2D eigenvalue weighted by molar-refractivity contribution is 8.00. The van der Waals surface area contributed by atoms with Crippen molar-refractivity contribution in [1.29, 1.82) is 0 Å². The summed E-state index contributed by atoms with van der Waals surface area (Å²) < 4.78 is 0. The Hall–Kier alpha value is -1.92. The summed E-state index contributed by atoms with van der Waals surface area (Å²) in [6.07, 6.45) is 1.55. The summed E-state index contributed by atoms with van der Waals surface area (Å²) in [4.78, 5) is 22.5. The zero-order chi connectivity index (χ0) is 15.4. The van der Waals surface area contributed by atoms with Crippen molar-refractivity contribution in [1.82, 2.24) is 14.9 Å². The van der Waals surface area contributed by atoms with Crippen LogP contribution >= 0.6 is 23.1 Å². The fourth-order valence-corrected chi connectivity index (χ4v) is 3.67. The van der Waals surface area contributed by atoms with Crippen molar-refractivity contribution in [3.63, 3.8) is 0 Å². The van der Waals surface area contributed by atoms with Crippen LogP contribution in [-0.4, -0.2) is 33.6 Å². The van der Waals surface area contributed by atoms with Gasteiger partial charge in [0, 0.05) is 19.0 Å². The first-order valence-electron chi connectivity index (χ1n) is 6.81. The van der Waals surface area contributed by atoms with Crippen molar-refractivity contribution in [2.24, 2.45) is 0 Å². The van der Waals surface area contributed by atoms with Crippen LogP contribution in [0.5, 0.6) is 0 Å². The molecule has 2 aromatic heterocycles. The monoisotopic (exact) mass is 329 g/mol. The van der Waals surface area contributed by atoms with Gasteiger partial charge in [-0.25, -0.2) is 9.97 Å². The molecule has 0 saturated heterocycles. The molecule has 0 unspecified atom stereocenters. The van der Waals surface area contributed by atoms with Gasteiger partial charge in [0.05, 0.1) is 11.3 Å². The van der Waals surface area contributed by atoms with Crippen molar-refractivity contribution in [3.8, 4) is 0 Å². The maximum Gasteiger partial charge on any atom is 0.233 e. The molecule has 0 aliphatic carbocycles. The Bertz CT molecular complexity index is 769. The first kappa shape index (κ1) is 15.0. The number of hydrogen-bond donors (Lipinski definition) is 0. The quantitative estimate of drug-likeness (QED) is 0.531. The third kappa shape index (κ3) is 3.45. The normalized spacial score (nSPS) is 10.8. The molecular formula is C16H15N3OS2. The lowest BCUT2D eigenvalue weighted by molar-refractivity contribution is -0.127. The summed E-state index contributed by atoms with van der Waals surface area (Å²) in [5.74, 6) is 0.473. The second-order valence-electron chi connectivity index (χ2n) is 4.87. The summed E-state index contributed by atoms with van der Waals surface area (Å²) >= 11 is 3.10. The van der Waals surface area contributed by atoms with Crippen LogP contribution in [0.4, 0.5) is 0 Å². The zero-order valence-corrected chi connectivity index (χ0v) is 13.7. The number of rotatable bonds is 5. The maximum atomic E-state index is 12.2. The second kappa shape index (κ2) is 6.89. The van der Waals surface area contributed by atoms with Gasteiger partial charge in [-0.15, -0.1) is 0 Å². The maximum absolute atomic E-state index is 12.2. The molecule has 0 spiro atoms.